The van der Waals surface area contributed by atoms with E-state index in [1.54, 1.807) is 4.90 Å². The van der Waals surface area contributed by atoms with Crippen LogP contribution in [0.15, 0.2) is 53.6 Å². The molecular formula is C21H24N4OS. The van der Waals surface area contributed by atoms with Crippen molar-refractivity contribution in [2.75, 3.05) is 31.8 Å². The number of hydrogen-bond acceptors (Lipinski definition) is 5. The molecule has 0 saturated carbocycles. The number of carbonyl (C=O) groups excluding carboxylic acids is 1. The predicted octanol–water partition coefficient (Wildman–Crippen LogP) is 3.75. The molecule has 0 aliphatic carbocycles. The van der Waals surface area contributed by atoms with Gasteiger partial charge in [-0.3, -0.25) is 4.79 Å². The Kier molecular flexibility index (Phi) is 5.96. The standard InChI is InChI=1S/C21H24N4OS/c1-15-21(23-19-8-6-5-7-18(19)22-15)27-14-20(26)25(4)13-16-9-11-17(12-10-16)24(2)3/h5-12H,13-14H2,1-4H3. The molecule has 0 fully saturated rings. The first-order chi connectivity index (χ1) is 12.9. The van der Waals surface area contributed by atoms with Gasteiger partial charge in [0, 0.05) is 33.4 Å². The Bertz CT molecular complexity index is 941. The maximum atomic E-state index is 12.5. The first-order valence-electron chi connectivity index (χ1n) is 8.80. The molecule has 140 valence electrons. The van der Waals surface area contributed by atoms with E-state index in [0.29, 0.717) is 12.3 Å². The summed E-state index contributed by atoms with van der Waals surface area (Å²) in [5, 5.41) is 0.811. The van der Waals surface area contributed by atoms with Gasteiger partial charge in [0.2, 0.25) is 5.91 Å². The fourth-order valence-electron chi connectivity index (χ4n) is 2.71. The third-order valence-electron chi connectivity index (χ3n) is 4.33. The monoisotopic (exact) mass is 380 g/mol. The molecule has 0 unspecified atom stereocenters. The van der Waals surface area contributed by atoms with Crippen LogP contribution in [-0.4, -0.2) is 47.7 Å². The molecule has 27 heavy (non-hydrogen) atoms. The van der Waals surface area contributed by atoms with E-state index in [9.17, 15) is 4.79 Å². The lowest BCUT2D eigenvalue weighted by Crippen LogP contribution is -2.27. The van der Waals surface area contributed by atoms with Crippen LogP contribution in [0.2, 0.25) is 0 Å². The second-order valence-electron chi connectivity index (χ2n) is 6.70. The van der Waals surface area contributed by atoms with Gasteiger partial charge in [-0.25, -0.2) is 9.97 Å². The molecule has 0 atom stereocenters. The summed E-state index contributed by atoms with van der Waals surface area (Å²) in [5.41, 5.74) is 4.85. The van der Waals surface area contributed by atoms with Gasteiger partial charge in [0.1, 0.15) is 5.03 Å². The van der Waals surface area contributed by atoms with Crippen molar-refractivity contribution in [3.8, 4) is 0 Å². The Balaban J connectivity index is 1.60. The summed E-state index contributed by atoms with van der Waals surface area (Å²) >= 11 is 1.44. The lowest BCUT2D eigenvalue weighted by Gasteiger charge is -2.18. The van der Waals surface area contributed by atoms with Gasteiger partial charge in [-0.15, -0.1) is 0 Å². The average molecular weight is 381 g/mol. The van der Waals surface area contributed by atoms with Gasteiger partial charge in [-0.1, -0.05) is 36.0 Å². The maximum Gasteiger partial charge on any atom is 0.233 e. The molecule has 6 heteroatoms. The number of aromatic nitrogens is 2. The van der Waals surface area contributed by atoms with Gasteiger partial charge >= 0.3 is 0 Å². The van der Waals surface area contributed by atoms with Gasteiger partial charge in [0.15, 0.2) is 0 Å². The van der Waals surface area contributed by atoms with Crippen molar-refractivity contribution < 1.29 is 4.79 Å². The van der Waals surface area contributed by atoms with Crippen molar-refractivity contribution in [3.63, 3.8) is 0 Å². The van der Waals surface area contributed by atoms with Gasteiger partial charge < -0.3 is 9.80 Å². The molecule has 0 spiro atoms. The van der Waals surface area contributed by atoms with Gasteiger partial charge in [0.05, 0.1) is 22.5 Å². The fourth-order valence-corrected chi connectivity index (χ4v) is 3.61. The van der Waals surface area contributed by atoms with Crippen LogP contribution in [0.1, 0.15) is 11.3 Å². The summed E-state index contributed by atoms with van der Waals surface area (Å²) in [7, 11) is 5.86. The molecule has 3 rings (SSSR count). The number of fused-ring (bicyclic) bond motifs is 1. The number of para-hydroxylation sites is 2. The second-order valence-corrected chi connectivity index (χ2v) is 7.67. The number of benzene rings is 2. The fraction of sp³-hybridized carbons (Fsp3) is 0.286. The van der Waals surface area contributed by atoms with Crippen LogP contribution in [0, 0.1) is 6.92 Å². The van der Waals surface area contributed by atoms with Crippen LogP contribution in [0.4, 0.5) is 5.69 Å². The van der Waals surface area contributed by atoms with Crippen LogP contribution in [-0.2, 0) is 11.3 Å². The number of anilines is 1. The van der Waals surface area contributed by atoms with Crippen molar-refractivity contribution in [3.05, 3.63) is 59.8 Å². The van der Waals surface area contributed by atoms with Crippen molar-refractivity contribution in [2.45, 2.75) is 18.5 Å². The van der Waals surface area contributed by atoms with Crippen LogP contribution >= 0.6 is 11.8 Å². The summed E-state index contributed by atoms with van der Waals surface area (Å²) < 4.78 is 0. The highest BCUT2D eigenvalue weighted by molar-refractivity contribution is 7.99. The molecular weight excluding hydrogens is 356 g/mol. The number of aryl methyl sites for hydroxylation is 1. The van der Waals surface area contributed by atoms with Gasteiger partial charge in [-0.2, -0.15) is 0 Å². The third kappa shape index (κ3) is 4.77. The lowest BCUT2D eigenvalue weighted by atomic mass is 10.2. The Labute approximate surface area is 164 Å². The Morgan fingerprint density at radius 3 is 2.22 bits per heavy atom. The van der Waals surface area contributed by atoms with E-state index in [-0.39, 0.29) is 5.91 Å². The highest BCUT2D eigenvalue weighted by atomic mass is 32.2. The van der Waals surface area contributed by atoms with E-state index in [1.165, 1.54) is 11.8 Å². The van der Waals surface area contributed by atoms with E-state index in [4.69, 9.17) is 0 Å². The van der Waals surface area contributed by atoms with Crippen molar-refractivity contribution in [1.82, 2.24) is 14.9 Å². The molecule has 1 aromatic heterocycles. The SMILES string of the molecule is Cc1nc2ccccc2nc1SCC(=O)N(C)Cc1ccc(N(C)C)cc1. The van der Waals surface area contributed by atoms with Gasteiger partial charge in [-0.05, 0) is 36.8 Å². The molecule has 0 aliphatic rings. The number of nitrogens with zero attached hydrogens (tertiary/aromatic N) is 4. The summed E-state index contributed by atoms with van der Waals surface area (Å²) in [4.78, 5) is 25.5. The lowest BCUT2D eigenvalue weighted by molar-refractivity contribution is -0.127. The number of rotatable bonds is 6. The van der Waals surface area contributed by atoms with E-state index in [2.05, 4.69) is 39.1 Å². The summed E-state index contributed by atoms with van der Waals surface area (Å²) in [5.74, 6) is 0.422. The average Bonchev–Trinajstić information content (AvgIpc) is 2.66. The van der Waals surface area contributed by atoms with E-state index in [1.807, 2.05) is 52.3 Å². The van der Waals surface area contributed by atoms with Crippen LogP contribution in [0.3, 0.4) is 0 Å². The quantitative estimate of drug-likeness (QED) is 0.610. The first-order valence-corrected chi connectivity index (χ1v) is 9.79. The van der Waals surface area contributed by atoms with E-state index in [0.717, 1.165) is 33.0 Å². The topological polar surface area (TPSA) is 49.3 Å². The smallest absolute Gasteiger partial charge is 0.233 e. The Morgan fingerprint density at radius 1 is 0.963 bits per heavy atom. The van der Waals surface area contributed by atoms with Crippen LogP contribution < -0.4 is 4.90 Å². The number of hydrogen-bond donors (Lipinski definition) is 0. The zero-order chi connectivity index (χ0) is 19.4. The Morgan fingerprint density at radius 2 is 1.59 bits per heavy atom. The molecule has 0 saturated heterocycles. The first kappa shape index (κ1) is 19.2. The Hall–Kier alpha value is -2.60. The predicted molar refractivity (Wildman–Crippen MR) is 112 cm³/mol. The van der Waals surface area contributed by atoms with Gasteiger partial charge in [0.25, 0.3) is 0 Å². The maximum absolute atomic E-state index is 12.5. The number of thioether (sulfide) groups is 1. The van der Waals surface area contributed by atoms with Crippen LogP contribution in [0.5, 0.6) is 0 Å². The molecule has 0 bridgehead atoms. The second kappa shape index (κ2) is 8.39. The summed E-state index contributed by atoms with van der Waals surface area (Å²) in [6.45, 7) is 2.53. The summed E-state index contributed by atoms with van der Waals surface area (Å²) in [6.07, 6.45) is 0. The molecule has 0 aliphatic heterocycles. The minimum atomic E-state index is 0.0750. The number of amides is 1. The van der Waals surface area contributed by atoms with Crippen molar-refractivity contribution in [1.29, 1.82) is 0 Å². The minimum Gasteiger partial charge on any atom is -0.378 e. The molecule has 3 aromatic rings. The molecule has 1 heterocycles. The molecule has 1 amide bonds. The normalized spacial score (nSPS) is 10.8. The number of carbonyl (C=O) groups is 1. The van der Waals surface area contributed by atoms with E-state index < -0.39 is 0 Å². The third-order valence-corrected chi connectivity index (χ3v) is 5.38. The largest absolute Gasteiger partial charge is 0.378 e. The van der Waals surface area contributed by atoms with Crippen LogP contribution in [0.25, 0.3) is 11.0 Å². The molecule has 0 N–H and O–H groups in total. The molecule has 5 nitrogen and oxygen atoms in total. The highest BCUT2D eigenvalue weighted by Crippen LogP contribution is 2.22. The zero-order valence-corrected chi connectivity index (χ0v) is 17.0. The van der Waals surface area contributed by atoms with E-state index >= 15 is 0 Å². The highest BCUT2D eigenvalue weighted by Gasteiger charge is 2.13. The van der Waals surface area contributed by atoms with Crippen molar-refractivity contribution >= 4 is 34.4 Å². The van der Waals surface area contributed by atoms with Crippen molar-refractivity contribution in [2.24, 2.45) is 0 Å². The summed E-state index contributed by atoms with van der Waals surface area (Å²) in [6, 6.07) is 16.0. The minimum absolute atomic E-state index is 0.0750. The zero-order valence-electron chi connectivity index (χ0n) is 16.1. The molecule has 0 radical (unpaired) electrons. The molecule has 2 aromatic carbocycles.